The molecule has 0 atom stereocenters. The summed E-state index contributed by atoms with van der Waals surface area (Å²) >= 11 is 6.36. The summed E-state index contributed by atoms with van der Waals surface area (Å²) in [4.78, 5) is 0. The first-order valence-corrected chi connectivity index (χ1v) is 9.04. The molecule has 0 radical (unpaired) electrons. The molecule has 6 heteroatoms. The van der Waals surface area contributed by atoms with Gasteiger partial charge < -0.3 is 24.6 Å². The fraction of sp³-hybridized carbons (Fsp3) is 0.667. The Labute approximate surface area is 149 Å². The molecular formula is C18H28ClNO4. The maximum Gasteiger partial charge on any atom is 0.179 e. The Morgan fingerprint density at radius 1 is 1.25 bits per heavy atom. The molecule has 2 N–H and O–H groups in total. The second-order valence-electron chi connectivity index (χ2n) is 6.13. The van der Waals surface area contributed by atoms with Gasteiger partial charge in [-0.05, 0) is 31.0 Å². The summed E-state index contributed by atoms with van der Waals surface area (Å²) in [7, 11) is 0. The van der Waals surface area contributed by atoms with Gasteiger partial charge in [0.1, 0.15) is 0 Å². The Bertz CT molecular complexity index is 518. The molecule has 1 aromatic rings. The van der Waals surface area contributed by atoms with Crippen molar-refractivity contribution in [2.45, 2.75) is 45.3 Å². The van der Waals surface area contributed by atoms with Gasteiger partial charge in [-0.25, -0.2) is 0 Å². The van der Waals surface area contributed by atoms with Gasteiger partial charge in [-0.2, -0.15) is 0 Å². The Morgan fingerprint density at radius 2 is 2.00 bits per heavy atom. The standard InChI is InChI=1S/C18H28ClNO4/c1-3-7-24-17-15(19)10-14(11-16(17)23-4-2)12-20-13-18(21)5-8-22-9-6-18/h10-11,20-21H,3-9,12-13H2,1-2H3. The van der Waals surface area contributed by atoms with Crippen LogP contribution in [0.25, 0.3) is 0 Å². The Balaban J connectivity index is 1.99. The summed E-state index contributed by atoms with van der Waals surface area (Å²) in [6.07, 6.45) is 2.23. The second kappa shape index (κ2) is 9.47. The van der Waals surface area contributed by atoms with Gasteiger partial charge in [0.2, 0.25) is 0 Å². The van der Waals surface area contributed by atoms with Gasteiger partial charge in [-0.1, -0.05) is 18.5 Å². The molecule has 24 heavy (non-hydrogen) atoms. The summed E-state index contributed by atoms with van der Waals surface area (Å²) in [6.45, 7) is 7.51. The van der Waals surface area contributed by atoms with Crippen LogP contribution in [-0.4, -0.2) is 43.7 Å². The molecule has 136 valence electrons. The summed E-state index contributed by atoms with van der Waals surface area (Å²) in [5.74, 6) is 1.27. The molecule has 0 aliphatic carbocycles. The van der Waals surface area contributed by atoms with Crippen molar-refractivity contribution < 1.29 is 19.3 Å². The van der Waals surface area contributed by atoms with Gasteiger partial charge in [-0.3, -0.25) is 0 Å². The average Bonchev–Trinajstić information content (AvgIpc) is 2.55. The van der Waals surface area contributed by atoms with Gasteiger partial charge in [-0.15, -0.1) is 0 Å². The molecule has 1 fully saturated rings. The van der Waals surface area contributed by atoms with E-state index in [9.17, 15) is 5.11 Å². The van der Waals surface area contributed by atoms with E-state index in [1.807, 2.05) is 26.0 Å². The molecular weight excluding hydrogens is 330 g/mol. The Hall–Kier alpha value is -1.01. The molecule has 0 unspecified atom stereocenters. The van der Waals surface area contributed by atoms with Gasteiger partial charge in [0.05, 0.1) is 23.8 Å². The Kier molecular flexibility index (Phi) is 7.62. The van der Waals surface area contributed by atoms with E-state index in [1.54, 1.807) is 0 Å². The van der Waals surface area contributed by atoms with Crippen LogP contribution in [0, 0.1) is 0 Å². The number of rotatable bonds is 9. The van der Waals surface area contributed by atoms with Crippen molar-refractivity contribution in [2.24, 2.45) is 0 Å². The average molecular weight is 358 g/mol. The Morgan fingerprint density at radius 3 is 2.67 bits per heavy atom. The molecule has 1 heterocycles. The van der Waals surface area contributed by atoms with Crippen LogP contribution in [0.1, 0.15) is 38.7 Å². The van der Waals surface area contributed by atoms with E-state index in [1.165, 1.54) is 0 Å². The van der Waals surface area contributed by atoms with Crippen molar-refractivity contribution in [3.63, 3.8) is 0 Å². The lowest BCUT2D eigenvalue weighted by Gasteiger charge is -2.32. The minimum atomic E-state index is -0.686. The first kappa shape index (κ1) is 19.3. The molecule has 1 aliphatic rings. The lowest BCUT2D eigenvalue weighted by molar-refractivity contribution is -0.0617. The zero-order valence-electron chi connectivity index (χ0n) is 14.6. The van der Waals surface area contributed by atoms with E-state index in [0.29, 0.717) is 68.9 Å². The van der Waals surface area contributed by atoms with Crippen LogP contribution in [-0.2, 0) is 11.3 Å². The lowest BCUT2D eigenvalue weighted by atomic mass is 9.94. The molecule has 0 saturated carbocycles. The summed E-state index contributed by atoms with van der Waals surface area (Å²) in [6, 6.07) is 3.83. The van der Waals surface area contributed by atoms with Crippen LogP contribution >= 0.6 is 11.6 Å². The first-order chi connectivity index (χ1) is 11.6. The lowest BCUT2D eigenvalue weighted by Crippen LogP contribution is -2.44. The van der Waals surface area contributed by atoms with Crippen molar-refractivity contribution in [3.8, 4) is 11.5 Å². The molecule has 0 aromatic heterocycles. The molecule has 1 aliphatic heterocycles. The van der Waals surface area contributed by atoms with Crippen LogP contribution in [0.15, 0.2) is 12.1 Å². The smallest absolute Gasteiger partial charge is 0.179 e. The number of hydrogen-bond donors (Lipinski definition) is 2. The van der Waals surface area contributed by atoms with Gasteiger partial charge in [0.15, 0.2) is 11.5 Å². The van der Waals surface area contributed by atoms with E-state index >= 15 is 0 Å². The van der Waals surface area contributed by atoms with Crippen molar-refractivity contribution in [2.75, 3.05) is 33.0 Å². The third-order valence-electron chi connectivity index (χ3n) is 4.03. The predicted octanol–water partition coefficient (Wildman–Crippen LogP) is 3.16. The highest BCUT2D eigenvalue weighted by Crippen LogP contribution is 2.36. The van der Waals surface area contributed by atoms with E-state index in [2.05, 4.69) is 5.32 Å². The maximum absolute atomic E-state index is 10.5. The fourth-order valence-corrected chi connectivity index (χ4v) is 2.99. The quantitative estimate of drug-likeness (QED) is 0.711. The predicted molar refractivity (Wildman–Crippen MR) is 95.1 cm³/mol. The van der Waals surface area contributed by atoms with E-state index < -0.39 is 5.60 Å². The number of hydrogen-bond acceptors (Lipinski definition) is 5. The van der Waals surface area contributed by atoms with E-state index in [0.717, 1.165) is 12.0 Å². The maximum atomic E-state index is 10.5. The van der Waals surface area contributed by atoms with Crippen molar-refractivity contribution in [3.05, 3.63) is 22.7 Å². The van der Waals surface area contributed by atoms with Gasteiger partial charge >= 0.3 is 0 Å². The molecule has 0 spiro atoms. The highest BCUT2D eigenvalue weighted by Gasteiger charge is 2.29. The summed E-state index contributed by atoms with van der Waals surface area (Å²) < 4.78 is 16.7. The number of benzene rings is 1. The number of nitrogens with one attached hydrogen (secondary N) is 1. The largest absolute Gasteiger partial charge is 0.490 e. The van der Waals surface area contributed by atoms with Crippen LogP contribution in [0.3, 0.4) is 0 Å². The third kappa shape index (κ3) is 5.52. The minimum Gasteiger partial charge on any atom is -0.490 e. The van der Waals surface area contributed by atoms with Crippen LogP contribution in [0.2, 0.25) is 5.02 Å². The molecule has 1 aromatic carbocycles. The summed E-state index contributed by atoms with van der Waals surface area (Å²) in [5, 5.41) is 14.3. The normalized spacial score (nSPS) is 16.8. The number of ether oxygens (including phenoxy) is 3. The van der Waals surface area contributed by atoms with E-state index in [4.69, 9.17) is 25.8 Å². The first-order valence-electron chi connectivity index (χ1n) is 8.67. The minimum absolute atomic E-state index is 0.534. The van der Waals surface area contributed by atoms with E-state index in [-0.39, 0.29) is 0 Å². The molecule has 0 amide bonds. The van der Waals surface area contributed by atoms with Crippen molar-refractivity contribution >= 4 is 11.6 Å². The molecule has 1 saturated heterocycles. The number of aliphatic hydroxyl groups is 1. The van der Waals surface area contributed by atoms with Gasteiger partial charge in [0.25, 0.3) is 0 Å². The highest BCUT2D eigenvalue weighted by molar-refractivity contribution is 6.32. The fourth-order valence-electron chi connectivity index (χ4n) is 2.70. The second-order valence-corrected chi connectivity index (χ2v) is 6.53. The highest BCUT2D eigenvalue weighted by atomic mass is 35.5. The van der Waals surface area contributed by atoms with Gasteiger partial charge in [0, 0.05) is 39.1 Å². The topological polar surface area (TPSA) is 60.0 Å². The zero-order valence-corrected chi connectivity index (χ0v) is 15.3. The van der Waals surface area contributed by atoms with Crippen molar-refractivity contribution in [1.82, 2.24) is 5.32 Å². The SMILES string of the molecule is CCCOc1c(Cl)cc(CNCC2(O)CCOCC2)cc1OCC. The molecule has 2 rings (SSSR count). The van der Waals surface area contributed by atoms with Crippen LogP contribution < -0.4 is 14.8 Å². The van der Waals surface area contributed by atoms with Crippen LogP contribution in [0.4, 0.5) is 0 Å². The zero-order chi connectivity index (χ0) is 17.4. The summed E-state index contributed by atoms with van der Waals surface area (Å²) in [5.41, 5.74) is 0.317. The molecule has 0 bridgehead atoms. The third-order valence-corrected chi connectivity index (χ3v) is 4.31. The molecule has 5 nitrogen and oxygen atoms in total. The number of halogens is 1. The van der Waals surface area contributed by atoms with Crippen LogP contribution in [0.5, 0.6) is 11.5 Å². The monoisotopic (exact) mass is 357 g/mol. The van der Waals surface area contributed by atoms with Crippen molar-refractivity contribution in [1.29, 1.82) is 0 Å².